The first kappa shape index (κ1) is 27.5. The van der Waals surface area contributed by atoms with Crippen molar-refractivity contribution in [2.24, 2.45) is 17.8 Å². The van der Waals surface area contributed by atoms with Gasteiger partial charge in [0.1, 0.15) is 15.8 Å². The number of anilines is 1. The lowest BCUT2D eigenvalue weighted by molar-refractivity contribution is -0.148. The van der Waals surface area contributed by atoms with Gasteiger partial charge in [-0.1, -0.05) is 62.4 Å². The van der Waals surface area contributed by atoms with Gasteiger partial charge >= 0.3 is 5.97 Å². The van der Waals surface area contributed by atoms with Crippen LogP contribution in [0.1, 0.15) is 53.4 Å². The van der Waals surface area contributed by atoms with E-state index in [2.05, 4.69) is 5.32 Å². The first-order chi connectivity index (χ1) is 19.6. The SMILES string of the molecule is CCOC(=O)c1ccc(NC(=O)[C@H](C(C)C)N2C(=O)[C@@H]3[C@H](C2=O)C2(Cl)c4ccccc4C3(Cl)c3ccccc32)cc1. The van der Waals surface area contributed by atoms with E-state index < -0.39 is 57.2 Å². The highest BCUT2D eigenvalue weighted by Gasteiger charge is 2.73. The molecule has 2 bridgehead atoms. The van der Waals surface area contributed by atoms with Gasteiger partial charge in [-0.25, -0.2) is 4.79 Å². The summed E-state index contributed by atoms with van der Waals surface area (Å²) >= 11 is 15.0. The number of esters is 1. The minimum absolute atomic E-state index is 0.247. The number of rotatable bonds is 6. The van der Waals surface area contributed by atoms with Crippen LogP contribution in [-0.2, 0) is 28.9 Å². The van der Waals surface area contributed by atoms with E-state index in [4.69, 9.17) is 27.9 Å². The van der Waals surface area contributed by atoms with Crippen LogP contribution in [0.3, 0.4) is 0 Å². The van der Waals surface area contributed by atoms with E-state index in [1.807, 2.05) is 48.5 Å². The molecule has 0 aromatic heterocycles. The van der Waals surface area contributed by atoms with Crippen LogP contribution in [0, 0.1) is 17.8 Å². The van der Waals surface area contributed by atoms with Crippen molar-refractivity contribution in [2.75, 3.05) is 11.9 Å². The molecule has 0 spiro atoms. The smallest absolute Gasteiger partial charge is 0.338 e. The quantitative estimate of drug-likeness (QED) is 0.235. The highest BCUT2D eigenvalue weighted by atomic mass is 35.5. The second-order valence-electron chi connectivity index (χ2n) is 11.0. The average Bonchev–Trinajstić information content (AvgIpc) is 3.23. The maximum Gasteiger partial charge on any atom is 0.338 e. The van der Waals surface area contributed by atoms with E-state index in [9.17, 15) is 19.2 Å². The van der Waals surface area contributed by atoms with Crippen LogP contribution in [0.5, 0.6) is 0 Å². The number of imide groups is 1. The zero-order valence-corrected chi connectivity index (χ0v) is 24.2. The Morgan fingerprint density at radius 2 is 1.27 bits per heavy atom. The van der Waals surface area contributed by atoms with Gasteiger partial charge in [0.05, 0.1) is 24.0 Å². The fourth-order valence-corrected chi connectivity index (χ4v) is 7.90. The van der Waals surface area contributed by atoms with Crippen molar-refractivity contribution >= 4 is 52.6 Å². The van der Waals surface area contributed by atoms with Crippen LogP contribution in [-0.4, -0.2) is 41.2 Å². The van der Waals surface area contributed by atoms with E-state index in [0.717, 1.165) is 4.90 Å². The average molecular weight is 591 g/mol. The number of alkyl halides is 2. The van der Waals surface area contributed by atoms with Crippen molar-refractivity contribution in [2.45, 2.75) is 36.6 Å². The second kappa shape index (κ2) is 9.71. The molecule has 1 aliphatic heterocycles. The Hall–Kier alpha value is -3.68. The third kappa shape index (κ3) is 3.71. The van der Waals surface area contributed by atoms with Crippen molar-refractivity contribution in [3.05, 3.63) is 101 Å². The van der Waals surface area contributed by atoms with Gasteiger partial charge in [-0.15, -0.1) is 23.2 Å². The Bertz CT molecular complexity index is 1480. The molecular formula is C32H28Cl2N2O5. The van der Waals surface area contributed by atoms with E-state index in [0.29, 0.717) is 33.5 Å². The van der Waals surface area contributed by atoms with Gasteiger partial charge in [0.25, 0.3) is 0 Å². The van der Waals surface area contributed by atoms with Gasteiger partial charge in [0, 0.05) is 5.69 Å². The van der Waals surface area contributed by atoms with Crippen LogP contribution in [0.2, 0.25) is 0 Å². The Morgan fingerprint density at radius 1 is 0.829 bits per heavy atom. The molecule has 3 aromatic rings. The highest BCUT2D eigenvalue weighted by Crippen LogP contribution is 2.69. The standard InChI is InChI=1S/C32H28Cl2N2O5/c1-4-41-30(40)18-13-15-19(16-14-18)35-27(37)26(17(2)3)36-28(38)24-25(29(36)39)32(34)21-10-6-5-9-20(21)31(24,33)22-11-7-8-12-23(22)32/h5-17,24-26H,4H2,1-3H3,(H,35,37)/t24-,25+,26-,31?,32?/m0/s1. The molecule has 0 unspecified atom stereocenters. The van der Waals surface area contributed by atoms with Crippen molar-refractivity contribution in [1.29, 1.82) is 0 Å². The third-order valence-corrected chi connectivity index (χ3v) is 9.75. The molecule has 4 aliphatic rings. The number of hydrogen-bond acceptors (Lipinski definition) is 5. The summed E-state index contributed by atoms with van der Waals surface area (Å²) in [5, 5.41) is 2.81. The van der Waals surface area contributed by atoms with Crippen LogP contribution in [0.4, 0.5) is 5.69 Å². The fourth-order valence-electron chi connectivity index (χ4n) is 6.80. The Morgan fingerprint density at radius 3 is 1.66 bits per heavy atom. The van der Waals surface area contributed by atoms with Crippen molar-refractivity contribution in [3.8, 4) is 0 Å². The van der Waals surface area contributed by atoms with E-state index in [1.165, 1.54) is 0 Å². The first-order valence-electron chi connectivity index (χ1n) is 13.6. The van der Waals surface area contributed by atoms with Crippen LogP contribution in [0.25, 0.3) is 0 Å². The largest absolute Gasteiger partial charge is 0.462 e. The van der Waals surface area contributed by atoms with Gasteiger partial charge < -0.3 is 10.1 Å². The lowest BCUT2D eigenvalue weighted by Crippen LogP contribution is -2.57. The molecular weight excluding hydrogens is 563 g/mol. The molecule has 9 heteroatoms. The van der Waals surface area contributed by atoms with Gasteiger partial charge in [-0.2, -0.15) is 0 Å². The molecule has 1 N–H and O–H groups in total. The van der Waals surface area contributed by atoms with Crippen molar-refractivity contribution in [1.82, 2.24) is 4.90 Å². The van der Waals surface area contributed by atoms with Crippen LogP contribution >= 0.6 is 23.2 Å². The molecule has 7 rings (SSSR count). The van der Waals surface area contributed by atoms with Gasteiger partial charge in [0.15, 0.2) is 0 Å². The number of amides is 3. The summed E-state index contributed by atoms with van der Waals surface area (Å²) in [4.78, 5) is 52.8. The number of nitrogens with one attached hydrogen (secondary N) is 1. The zero-order chi connectivity index (χ0) is 29.3. The molecule has 210 valence electrons. The number of halogens is 2. The summed E-state index contributed by atoms with van der Waals surface area (Å²) in [5.74, 6) is -4.43. The topological polar surface area (TPSA) is 92.8 Å². The number of hydrogen-bond donors (Lipinski definition) is 1. The second-order valence-corrected chi connectivity index (χ2v) is 12.2. The summed E-state index contributed by atoms with van der Waals surface area (Å²) in [6.07, 6.45) is 0. The number of nitrogens with zero attached hydrogens (tertiary/aromatic N) is 1. The van der Waals surface area contributed by atoms with Crippen LogP contribution < -0.4 is 5.32 Å². The van der Waals surface area contributed by atoms with E-state index >= 15 is 0 Å². The number of likely N-dealkylation sites (tertiary alicyclic amines) is 1. The minimum atomic E-state index is -1.32. The molecule has 1 saturated heterocycles. The molecule has 0 saturated carbocycles. The maximum absolute atomic E-state index is 14.3. The van der Waals surface area contributed by atoms with Gasteiger partial charge in [0.2, 0.25) is 17.7 Å². The van der Waals surface area contributed by atoms with E-state index in [1.54, 1.807) is 45.0 Å². The van der Waals surface area contributed by atoms with Crippen LogP contribution in [0.15, 0.2) is 72.8 Å². The molecule has 3 aliphatic carbocycles. The van der Waals surface area contributed by atoms with Crippen molar-refractivity contribution in [3.63, 3.8) is 0 Å². The lowest BCUT2D eigenvalue weighted by Gasteiger charge is -2.54. The number of ether oxygens (including phenoxy) is 1. The molecule has 3 amide bonds. The lowest BCUT2D eigenvalue weighted by atomic mass is 9.54. The Kier molecular flexibility index (Phi) is 6.51. The van der Waals surface area contributed by atoms with Crippen molar-refractivity contribution < 1.29 is 23.9 Å². The number of benzene rings is 3. The molecule has 3 aromatic carbocycles. The number of carbonyl (C=O) groups is 4. The summed E-state index contributed by atoms with van der Waals surface area (Å²) in [6, 6.07) is 19.9. The molecule has 3 atom stereocenters. The molecule has 41 heavy (non-hydrogen) atoms. The summed E-state index contributed by atoms with van der Waals surface area (Å²) in [7, 11) is 0. The predicted molar refractivity (Wildman–Crippen MR) is 155 cm³/mol. The third-order valence-electron chi connectivity index (χ3n) is 8.46. The first-order valence-corrected chi connectivity index (χ1v) is 14.3. The Labute approximate surface area is 247 Å². The molecule has 7 nitrogen and oxygen atoms in total. The zero-order valence-electron chi connectivity index (χ0n) is 22.7. The minimum Gasteiger partial charge on any atom is -0.462 e. The monoisotopic (exact) mass is 590 g/mol. The van der Waals surface area contributed by atoms with Gasteiger partial charge in [-0.3, -0.25) is 19.3 Å². The fraction of sp³-hybridized carbons (Fsp3) is 0.312. The highest BCUT2D eigenvalue weighted by molar-refractivity contribution is 6.36. The summed E-state index contributed by atoms with van der Waals surface area (Å²) in [6.45, 7) is 5.52. The summed E-state index contributed by atoms with van der Waals surface area (Å²) in [5.41, 5.74) is 3.55. The predicted octanol–water partition coefficient (Wildman–Crippen LogP) is 5.42. The normalized spacial score (nSPS) is 26.3. The summed E-state index contributed by atoms with van der Waals surface area (Å²) < 4.78 is 5.01. The number of carbonyl (C=O) groups excluding carboxylic acids is 4. The van der Waals surface area contributed by atoms with E-state index in [-0.39, 0.29) is 6.61 Å². The molecule has 1 heterocycles. The van der Waals surface area contributed by atoms with Gasteiger partial charge in [-0.05, 0) is 59.4 Å². The molecule has 1 fully saturated rings. The Balaban J connectivity index is 1.39. The molecule has 0 radical (unpaired) electrons. The maximum atomic E-state index is 14.3.